The number of pyridine rings is 1. The molecule has 1 fully saturated rings. The summed E-state index contributed by atoms with van der Waals surface area (Å²) in [6.07, 6.45) is 0. The molecule has 136 valence electrons. The number of benzene rings is 1. The van der Waals surface area contributed by atoms with Crippen molar-refractivity contribution < 1.29 is 9.59 Å². The summed E-state index contributed by atoms with van der Waals surface area (Å²) in [5.74, 6) is -0.305. The van der Waals surface area contributed by atoms with Crippen molar-refractivity contribution in [2.24, 2.45) is 0 Å². The highest BCUT2D eigenvalue weighted by Gasteiger charge is 2.22. The van der Waals surface area contributed by atoms with Gasteiger partial charge in [-0.2, -0.15) is 0 Å². The Labute approximate surface area is 154 Å². The maximum Gasteiger partial charge on any atom is 0.272 e. The van der Waals surface area contributed by atoms with Crippen molar-refractivity contribution in [1.82, 2.24) is 19.7 Å². The lowest BCUT2D eigenvalue weighted by molar-refractivity contribution is 0.0657. The van der Waals surface area contributed by atoms with E-state index in [4.69, 9.17) is 0 Å². The SMILES string of the molecule is CN1CCN(C(=O)c2cccc(C(=O)N(C)Cc3ccccc3)n2)CC1. The lowest BCUT2D eigenvalue weighted by Crippen LogP contribution is -2.47. The Morgan fingerprint density at radius 1 is 0.962 bits per heavy atom. The van der Waals surface area contributed by atoms with Crippen molar-refractivity contribution in [3.05, 3.63) is 65.5 Å². The normalized spacial score (nSPS) is 14.9. The van der Waals surface area contributed by atoms with Gasteiger partial charge in [0.25, 0.3) is 11.8 Å². The third-order valence-electron chi connectivity index (χ3n) is 4.59. The molecule has 1 aliphatic rings. The number of carbonyl (C=O) groups excluding carboxylic acids is 2. The molecule has 1 saturated heterocycles. The van der Waals surface area contributed by atoms with Crippen molar-refractivity contribution >= 4 is 11.8 Å². The Hall–Kier alpha value is -2.73. The molecule has 6 nitrogen and oxygen atoms in total. The molecule has 0 spiro atoms. The van der Waals surface area contributed by atoms with E-state index >= 15 is 0 Å². The zero-order valence-corrected chi connectivity index (χ0v) is 15.3. The number of carbonyl (C=O) groups is 2. The molecule has 2 amide bonds. The fraction of sp³-hybridized carbons (Fsp3) is 0.350. The Morgan fingerprint density at radius 3 is 2.31 bits per heavy atom. The Bertz CT molecular complexity index is 770. The lowest BCUT2D eigenvalue weighted by atomic mass is 10.2. The molecule has 1 aromatic carbocycles. The zero-order chi connectivity index (χ0) is 18.5. The molecular weight excluding hydrogens is 328 g/mol. The Kier molecular flexibility index (Phi) is 5.63. The quantitative estimate of drug-likeness (QED) is 0.841. The topological polar surface area (TPSA) is 56.8 Å². The van der Waals surface area contributed by atoms with Gasteiger partial charge in [-0.05, 0) is 24.7 Å². The number of likely N-dealkylation sites (N-methyl/N-ethyl adjacent to an activating group) is 1. The standard InChI is InChI=1S/C20H24N4O2/c1-22-11-13-24(14-12-22)20(26)18-10-6-9-17(21-18)19(25)23(2)15-16-7-4-3-5-8-16/h3-10H,11-15H2,1-2H3. The van der Waals surface area contributed by atoms with Gasteiger partial charge in [0.15, 0.2) is 0 Å². The van der Waals surface area contributed by atoms with E-state index in [9.17, 15) is 9.59 Å². The van der Waals surface area contributed by atoms with Crippen LogP contribution < -0.4 is 0 Å². The van der Waals surface area contributed by atoms with E-state index in [1.807, 2.05) is 37.4 Å². The van der Waals surface area contributed by atoms with Crippen molar-refractivity contribution in [2.45, 2.75) is 6.54 Å². The minimum Gasteiger partial charge on any atom is -0.336 e. The maximum atomic E-state index is 12.7. The Balaban J connectivity index is 1.70. The predicted octanol–water partition coefficient (Wildman–Crippen LogP) is 1.74. The van der Waals surface area contributed by atoms with Gasteiger partial charge < -0.3 is 14.7 Å². The van der Waals surface area contributed by atoms with Crippen LogP contribution in [-0.4, -0.2) is 71.8 Å². The van der Waals surface area contributed by atoms with E-state index in [0.717, 1.165) is 18.7 Å². The van der Waals surface area contributed by atoms with Crippen molar-refractivity contribution in [2.75, 3.05) is 40.3 Å². The molecule has 26 heavy (non-hydrogen) atoms. The number of hydrogen-bond donors (Lipinski definition) is 0. The smallest absolute Gasteiger partial charge is 0.272 e. The van der Waals surface area contributed by atoms with Crippen LogP contribution in [0.5, 0.6) is 0 Å². The highest BCUT2D eigenvalue weighted by Crippen LogP contribution is 2.10. The van der Waals surface area contributed by atoms with Crippen LogP contribution in [0.15, 0.2) is 48.5 Å². The molecular formula is C20H24N4O2. The van der Waals surface area contributed by atoms with Crippen LogP contribution in [0, 0.1) is 0 Å². The zero-order valence-electron chi connectivity index (χ0n) is 15.3. The highest BCUT2D eigenvalue weighted by atomic mass is 16.2. The number of rotatable bonds is 4. The third-order valence-corrected chi connectivity index (χ3v) is 4.59. The molecule has 0 unspecified atom stereocenters. The molecule has 0 bridgehead atoms. The molecule has 0 radical (unpaired) electrons. The molecule has 0 aliphatic carbocycles. The summed E-state index contributed by atoms with van der Waals surface area (Å²) in [4.78, 5) is 35.3. The summed E-state index contributed by atoms with van der Waals surface area (Å²) in [6.45, 7) is 3.57. The second-order valence-electron chi connectivity index (χ2n) is 6.65. The van der Waals surface area contributed by atoms with Crippen LogP contribution in [-0.2, 0) is 6.54 Å². The minimum absolute atomic E-state index is 0.113. The molecule has 3 rings (SSSR count). The summed E-state index contributed by atoms with van der Waals surface area (Å²) in [6, 6.07) is 14.8. The first kappa shape index (κ1) is 18.1. The minimum atomic E-state index is -0.193. The summed E-state index contributed by atoms with van der Waals surface area (Å²) >= 11 is 0. The molecule has 6 heteroatoms. The average Bonchev–Trinajstić information content (AvgIpc) is 2.68. The molecule has 1 aliphatic heterocycles. The van der Waals surface area contributed by atoms with E-state index in [2.05, 4.69) is 9.88 Å². The second-order valence-corrected chi connectivity index (χ2v) is 6.65. The molecule has 0 saturated carbocycles. The van der Waals surface area contributed by atoms with Crippen LogP contribution >= 0.6 is 0 Å². The summed E-state index contributed by atoms with van der Waals surface area (Å²) in [5.41, 5.74) is 1.67. The van der Waals surface area contributed by atoms with E-state index < -0.39 is 0 Å². The number of piperazine rings is 1. The van der Waals surface area contributed by atoms with E-state index in [0.29, 0.717) is 31.0 Å². The maximum absolute atomic E-state index is 12.7. The monoisotopic (exact) mass is 352 g/mol. The van der Waals surface area contributed by atoms with E-state index in [1.165, 1.54) is 0 Å². The number of nitrogens with zero attached hydrogens (tertiary/aromatic N) is 4. The van der Waals surface area contributed by atoms with Gasteiger partial charge in [0, 0.05) is 39.8 Å². The van der Waals surface area contributed by atoms with Gasteiger partial charge in [0.05, 0.1) is 0 Å². The molecule has 0 atom stereocenters. The van der Waals surface area contributed by atoms with Gasteiger partial charge in [0.2, 0.25) is 0 Å². The Morgan fingerprint density at radius 2 is 1.62 bits per heavy atom. The van der Waals surface area contributed by atoms with Gasteiger partial charge in [0.1, 0.15) is 11.4 Å². The van der Waals surface area contributed by atoms with Gasteiger partial charge >= 0.3 is 0 Å². The fourth-order valence-corrected chi connectivity index (χ4v) is 2.97. The highest BCUT2D eigenvalue weighted by molar-refractivity contribution is 5.96. The van der Waals surface area contributed by atoms with Crippen LogP contribution in [0.2, 0.25) is 0 Å². The lowest BCUT2D eigenvalue weighted by Gasteiger charge is -2.32. The van der Waals surface area contributed by atoms with Crippen molar-refractivity contribution in [3.63, 3.8) is 0 Å². The third kappa shape index (κ3) is 4.26. The molecule has 0 N–H and O–H groups in total. The first-order chi connectivity index (χ1) is 12.5. The first-order valence-electron chi connectivity index (χ1n) is 8.79. The summed E-state index contributed by atoms with van der Waals surface area (Å²) < 4.78 is 0. The second kappa shape index (κ2) is 8.10. The summed E-state index contributed by atoms with van der Waals surface area (Å²) in [5, 5.41) is 0. The first-order valence-corrected chi connectivity index (χ1v) is 8.79. The van der Waals surface area contributed by atoms with E-state index in [1.54, 1.807) is 35.0 Å². The molecule has 1 aromatic heterocycles. The van der Waals surface area contributed by atoms with Crippen LogP contribution in [0.3, 0.4) is 0 Å². The van der Waals surface area contributed by atoms with Gasteiger partial charge in [-0.1, -0.05) is 36.4 Å². The van der Waals surface area contributed by atoms with Crippen molar-refractivity contribution in [1.29, 1.82) is 0 Å². The molecule has 2 heterocycles. The number of amides is 2. The van der Waals surface area contributed by atoms with E-state index in [-0.39, 0.29) is 11.8 Å². The average molecular weight is 352 g/mol. The number of hydrogen-bond acceptors (Lipinski definition) is 4. The number of aromatic nitrogens is 1. The fourth-order valence-electron chi connectivity index (χ4n) is 2.97. The van der Waals surface area contributed by atoms with Gasteiger partial charge in [-0.3, -0.25) is 9.59 Å². The van der Waals surface area contributed by atoms with Gasteiger partial charge in [-0.25, -0.2) is 4.98 Å². The molecule has 2 aromatic rings. The van der Waals surface area contributed by atoms with Crippen LogP contribution in [0.25, 0.3) is 0 Å². The summed E-state index contributed by atoms with van der Waals surface area (Å²) in [7, 11) is 3.79. The predicted molar refractivity (Wildman–Crippen MR) is 99.9 cm³/mol. The van der Waals surface area contributed by atoms with Crippen molar-refractivity contribution in [3.8, 4) is 0 Å². The van der Waals surface area contributed by atoms with Crippen LogP contribution in [0.4, 0.5) is 0 Å². The van der Waals surface area contributed by atoms with Gasteiger partial charge in [-0.15, -0.1) is 0 Å². The largest absolute Gasteiger partial charge is 0.336 e. The van der Waals surface area contributed by atoms with Crippen LogP contribution in [0.1, 0.15) is 26.5 Å².